The van der Waals surface area contributed by atoms with E-state index >= 15 is 0 Å². The van der Waals surface area contributed by atoms with Gasteiger partial charge in [-0.3, -0.25) is 9.69 Å². The van der Waals surface area contributed by atoms with Crippen molar-refractivity contribution in [3.05, 3.63) is 24.3 Å². The molecule has 1 aromatic carbocycles. The van der Waals surface area contributed by atoms with Crippen LogP contribution in [-0.4, -0.2) is 41.5 Å². The number of rotatable bonds is 4. The molecule has 1 amide bonds. The highest BCUT2D eigenvalue weighted by Crippen LogP contribution is 2.26. The summed E-state index contributed by atoms with van der Waals surface area (Å²) in [5.74, 6) is 0.508. The number of thiazole rings is 1. The molecule has 0 aliphatic carbocycles. The van der Waals surface area contributed by atoms with Crippen LogP contribution in [0.5, 0.6) is 0 Å². The van der Waals surface area contributed by atoms with E-state index in [-0.39, 0.29) is 5.91 Å². The zero-order valence-electron chi connectivity index (χ0n) is 12.1. The van der Waals surface area contributed by atoms with Gasteiger partial charge in [-0.2, -0.15) is 0 Å². The van der Waals surface area contributed by atoms with Gasteiger partial charge >= 0.3 is 0 Å². The van der Waals surface area contributed by atoms with E-state index in [0.29, 0.717) is 30.2 Å². The van der Waals surface area contributed by atoms with Crippen molar-refractivity contribution in [1.29, 1.82) is 0 Å². The van der Waals surface area contributed by atoms with Crippen LogP contribution in [0.2, 0.25) is 0 Å². The molecule has 0 radical (unpaired) electrons. The highest BCUT2D eigenvalue weighted by molar-refractivity contribution is 7.22. The first-order valence-electron chi connectivity index (χ1n) is 7.25. The summed E-state index contributed by atoms with van der Waals surface area (Å²) in [7, 11) is 0. The Labute approximate surface area is 128 Å². The second kappa shape index (κ2) is 6.09. The van der Waals surface area contributed by atoms with Gasteiger partial charge in [-0.05, 0) is 37.9 Å². The quantitative estimate of drug-likeness (QED) is 0.905. The van der Waals surface area contributed by atoms with E-state index in [2.05, 4.69) is 22.1 Å². The molecule has 1 fully saturated rings. The molecule has 3 rings (SSSR count). The summed E-state index contributed by atoms with van der Waals surface area (Å²) < 4.78 is 1.09. The van der Waals surface area contributed by atoms with Crippen LogP contribution in [0.1, 0.15) is 13.3 Å². The van der Waals surface area contributed by atoms with Crippen LogP contribution in [0.3, 0.4) is 0 Å². The summed E-state index contributed by atoms with van der Waals surface area (Å²) in [5.41, 5.74) is 6.65. The van der Waals surface area contributed by atoms with Crippen LogP contribution < -0.4 is 11.1 Å². The topological polar surface area (TPSA) is 71.2 Å². The fourth-order valence-corrected chi connectivity index (χ4v) is 3.76. The lowest BCUT2D eigenvalue weighted by Gasteiger charge is -2.19. The molecule has 6 heteroatoms. The number of nitrogens with two attached hydrogens (primary N) is 1. The average Bonchev–Trinajstić information content (AvgIpc) is 3.02. The highest BCUT2D eigenvalue weighted by Gasteiger charge is 2.29. The monoisotopic (exact) mass is 304 g/mol. The Morgan fingerprint density at radius 1 is 1.52 bits per heavy atom. The number of likely N-dealkylation sites (tertiary alicyclic amines) is 1. The minimum atomic E-state index is -0.00132. The molecule has 2 heterocycles. The molecule has 5 nitrogen and oxygen atoms in total. The molecule has 2 aromatic rings. The maximum absolute atomic E-state index is 12.2. The largest absolute Gasteiger partial charge is 0.330 e. The van der Waals surface area contributed by atoms with Crippen LogP contribution in [0.25, 0.3) is 10.2 Å². The first-order chi connectivity index (χ1) is 10.2. The van der Waals surface area contributed by atoms with E-state index in [0.717, 1.165) is 23.2 Å². The third kappa shape index (κ3) is 3.23. The third-order valence-corrected chi connectivity index (χ3v) is 4.96. The summed E-state index contributed by atoms with van der Waals surface area (Å²) in [6, 6.07) is 8.31. The van der Waals surface area contributed by atoms with Crippen molar-refractivity contribution in [3.63, 3.8) is 0 Å². The molecule has 1 aromatic heterocycles. The first kappa shape index (κ1) is 14.4. The minimum absolute atomic E-state index is 0.00132. The number of hydrogen-bond donors (Lipinski definition) is 2. The number of amides is 1. The Morgan fingerprint density at radius 3 is 3.05 bits per heavy atom. The van der Waals surface area contributed by atoms with Gasteiger partial charge in [-0.15, -0.1) is 0 Å². The zero-order valence-corrected chi connectivity index (χ0v) is 12.9. The summed E-state index contributed by atoms with van der Waals surface area (Å²) >= 11 is 1.51. The van der Waals surface area contributed by atoms with Crippen LogP contribution >= 0.6 is 11.3 Å². The predicted octanol–water partition coefficient (Wildman–Crippen LogP) is 1.90. The molecule has 2 unspecified atom stereocenters. The Morgan fingerprint density at radius 2 is 2.33 bits per heavy atom. The fourth-order valence-electron chi connectivity index (χ4n) is 2.88. The molecule has 21 heavy (non-hydrogen) atoms. The second-order valence-electron chi connectivity index (χ2n) is 5.65. The Bertz CT molecular complexity index is 608. The standard InChI is InChI=1S/C15H20N4OS/c1-10-6-11(7-16)8-19(10)9-14(20)18-15-17-12-4-2-3-5-13(12)21-15/h2-5,10-11H,6-9,16H2,1H3,(H,17,18,20). The molecular weight excluding hydrogens is 284 g/mol. The number of fused-ring (bicyclic) bond motifs is 1. The molecule has 1 aliphatic heterocycles. The van der Waals surface area contributed by atoms with Crippen molar-refractivity contribution in [2.75, 3.05) is 25.0 Å². The number of hydrogen-bond acceptors (Lipinski definition) is 5. The number of nitrogens with zero attached hydrogens (tertiary/aromatic N) is 2. The van der Waals surface area contributed by atoms with Crippen molar-refractivity contribution in [1.82, 2.24) is 9.88 Å². The van der Waals surface area contributed by atoms with Gasteiger partial charge in [-0.1, -0.05) is 23.5 Å². The van der Waals surface area contributed by atoms with Gasteiger partial charge in [-0.25, -0.2) is 4.98 Å². The molecule has 0 bridgehead atoms. The zero-order chi connectivity index (χ0) is 14.8. The fraction of sp³-hybridized carbons (Fsp3) is 0.467. The van der Waals surface area contributed by atoms with Gasteiger partial charge < -0.3 is 11.1 Å². The summed E-state index contributed by atoms with van der Waals surface area (Å²) in [6.45, 7) is 4.17. The smallest absolute Gasteiger partial charge is 0.240 e. The SMILES string of the molecule is CC1CC(CN)CN1CC(=O)Nc1nc2ccccc2s1. The molecule has 1 aliphatic rings. The summed E-state index contributed by atoms with van der Waals surface area (Å²) in [4.78, 5) is 18.8. The second-order valence-corrected chi connectivity index (χ2v) is 6.68. The Hall–Kier alpha value is -1.50. The lowest BCUT2D eigenvalue weighted by molar-refractivity contribution is -0.117. The van der Waals surface area contributed by atoms with Crippen LogP contribution in [0.4, 0.5) is 5.13 Å². The minimum Gasteiger partial charge on any atom is -0.330 e. The van der Waals surface area contributed by atoms with Gasteiger partial charge in [0.05, 0.1) is 16.8 Å². The highest BCUT2D eigenvalue weighted by atomic mass is 32.1. The first-order valence-corrected chi connectivity index (χ1v) is 8.07. The maximum Gasteiger partial charge on any atom is 0.240 e. The van der Waals surface area contributed by atoms with Crippen molar-refractivity contribution < 1.29 is 4.79 Å². The normalized spacial score (nSPS) is 22.8. The molecule has 0 spiro atoms. The van der Waals surface area contributed by atoms with Crippen molar-refractivity contribution >= 4 is 32.6 Å². The summed E-state index contributed by atoms with van der Waals surface area (Å²) in [6.07, 6.45) is 1.07. The lowest BCUT2D eigenvalue weighted by atomic mass is 10.1. The average molecular weight is 304 g/mol. The number of anilines is 1. The van der Waals surface area contributed by atoms with Gasteiger partial charge in [0.1, 0.15) is 0 Å². The van der Waals surface area contributed by atoms with Crippen LogP contribution in [-0.2, 0) is 4.79 Å². The number of carbonyl (C=O) groups is 1. The van der Waals surface area contributed by atoms with E-state index in [1.54, 1.807) is 0 Å². The van der Waals surface area contributed by atoms with E-state index in [1.165, 1.54) is 11.3 Å². The molecular formula is C15H20N4OS. The number of para-hydroxylation sites is 1. The Kier molecular flexibility index (Phi) is 4.19. The number of benzene rings is 1. The van der Waals surface area contributed by atoms with E-state index < -0.39 is 0 Å². The predicted molar refractivity (Wildman–Crippen MR) is 86.4 cm³/mol. The lowest BCUT2D eigenvalue weighted by Crippen LogP contribution is -2.35. The number of nitrogens with one attached hydrogen (secondary N) is 1. The van der Waals surface area contributed by atoms with Crippen LogP contribution in [0.15, 0.2) is 24.3 Å². The Balaban J connectivity index is 1.61. The molecule has 0 saturated carbocycles. The summed E-state index contributed by atoms with van der Waals surface area (Å²) in [5, 5.41) is 3.58. The van der Waals surface area contributed by atoms with E-state index in [4.69, 9.17) is 5.73 Å². The molecule has 2 atom stereocenters. The van der Waals surface area contributed by atoms with Gasteiger partial charge in [0.2, 0.25) is 5.91 Å². The maximum atomic E-state index is 12.2. The van der Waals surface area contributed by atoms with Crippen molar-refractivity contribution in [3.8, 4) is 0 Å². The van der Waals surface area contributed by atoms with Gasteiger partial charge in [0, 0.05) is 12.6 Å². The number of aromatic nitrogens is 1. The number of carbonyl (C=O) groups excluding carboxylic acids is 1. The third-order valence-electron chi connectivity index (χ3n) is 4.01. The molecule has 112 valence electrons. The molecule has 1 saturated heterocycles. The van der Waals surface area contributed by atoms with Gasteiger partial charge in [0.25, 0.3) is 0 Å². The van der Waals surface area contributed by atoms with E-state index in [9.17, 15) is 4.79 Å². The molecule has 3 N–H and O–H groups in total. The van der Waals surface area contributed by atoms with E-state index in [1.807, 2.05) is 24.3 Å². The van der Waals surface area contributed by atoms with Crippen LogP contribution in [0, 0.1) is 5.92 Å². The van der Waals surface area contributed by atoms with Crippen molar-refractivity contribution in [2.24, 2.45) is 11.7 Å². The van der Waals surface area contributed by atoms with Gasteiger partial charge in [0.15, 0.2) is 5.13 Å². The van der Waals surface area contributed by atoms with Crippen molar-refractivity contribution in [2.45, 2.75) is 19.4 Å².